The molecule has 0 bridgehead atoms. The number of hydrogen-bond donors (Lipinski definition) is 2. The Balaban J connectivity index is 2.10. The third kappa shape index (κ3) is 2.93. The van der Waals surface area contributed by atoms with Crippen molar-refractivity contribution < 1.29 is 4.79 Å². The van der Waals surface area contributed by atoms with Gasteiger partial charge in [-0.15, -0.1) is 0 Å². The standard InChI is InChI=1S/C14H18N4O/c1-9(13-8-18(3)17-10(13)2)16-14(19)11-4-6-12(15)7-5-11/h4-9H,15H2,1-3H3,(H,16,19). The van der Waals surface area contributed by atoms with Crippen LogP contribution in [0.15, 0.2) is 30.5 Å². The van der Waals surface area contributed by atoms with Gasteiger partial charge in [0.05, 0.1) is 11.7 Å². The monoisotopic (exact) mass is 258 g/mol. The summed E-state index contributed by atoms with van der Waals surface area (Å²) in [5.74, 6) is -0.115. The second-order valence-electron chi connectivity index (χ2n) is 4.66. The maximum absolute atomic E-state index is 12.1. The van der Waals surface area contributed by atoms with Gasteiger partial charge in [0.15, 0.2) is 0 Å². The molecule has 1 unspecified atom stereocenters. The van der Waals surface area contributed by atoms with Gasteiger partial charge in [-0.1, -0.05) is 0 Å². The fraction of sp³-hybridized carbons (Fsp3) is 0.286. The van der Waals surface area contributed by atoms with Gasteiger partial charge in [0, 0.05) is 30.1 Å². The van der Waals surface area contributed by atoms with Crippen LogP contribution in [-0.2, 0) is 7.05 Å². The van der Waals surface area contributed by atoms with Crippen LogP contribution in [0.2, 0.25) is 0 Å². The molecular formula is C14H18N4O. The number of amides is 1. The second-order valence-corrected chi connectivity index (χ2v) is 4.66. The van der Waals surface area contributed by atoms with Crippen LogP contribution in [0.3, 0.4) is 0 Å². The highest BCUT2D eigenvalue weighted by Crippen LogP contribution is 2.16. The van der Waals surface area contributed by atoms with E-state index in [4.69, 9.17) is 5.73 Å². The lowest BCUT2D eigenvalue weighted by Crippen LogP contribution is -2.26. The Morgan fingerprint density at radius 3 is 2.53 bits per heavy atom. The van der Waals surface area contributed by atoms with Gasteiger partial charge in [-0.2, -0.15) is 5.10 Å². The second kappa shape index (κ2) is 5.14. The molecule has 1 atom stereocenters. The van der Waals surface area contributed by atoms with E-state index in [0.717, 1.165) is 11.3 Å². The molecule has 0 saturated carbocycles. The van der Waals surface area contributed by atoms with Gasteiger partial charge in [0.25, 0.3) is 5.91 Å². The fourth-order valence-electron chi connectivity index (χ4n) is 2.04. The summed E-state index contributed by atoms with van der Waals surface area (Å²) in [7, 11) is 1.87. The van der Waals surface area contributed by atoms with Crippen LogP contribution in [0.5, 0.6) is 0 Å². The van der Waals surface area contributed by atoms with Crippen molar-refractivity contribution in [2.75, 3.05) is 5.73 Å². The van der Waals surface area contributed by atoms with Gasteiger partial charge in [-0.25, -0.2) is 0 Å². The molecule has 1 aromatic heterocycles. The molecule has 0 saturated heterocycles. The van der Waals surface area contributed by atoms with Crippen LogP contribution in [0.1, 0.15) is 34.6 Å². The number of carbonyl (C=O) groups is 1. The van der Waals surface area contributed by atoms with Crippen LogP contribution in [-0.4, -0.2) is 15.7 Å². The Bertz CT molecular complexity index is 586. The minimum Gasteiger partial charge on any atom is -0.399 e. The lowest BCUT2D eigenvalue weighted by molar-refractivity contribution is 0.0940. The van der Waals surface area contributed by atoms with Gasteiger partial charge in [-0.3, -0.25) is 9.48 Å². The average molecular weight is 258 g/mol. The van der Waals surface area contributed by atoms with Gasteiger partial charge >= 0.3 is 0 Å². The Morgan fingerprint density at radius 2 is 2.00 bits per heavy atom. The summed E-state index contributed by atoms with van der Waals surface area (Å²) in [6.07, 6.45) is 1.92. The largest absolute Gasteiger partial charge is 0.399 e. The number of aromatic nitrogens is 2. The maximum atomic E-state index is 12.1. The molecule has 1 aromatic carbocycles. The average Bonchev–Trinajstić information content (AvgIpc) is 2.69. The van der Waals surface area contributed by atoms with Crippen molar-refractivity contribution in [3.05, 3.63) is 47.3 Å². The number of carbonyl (C=O) groups excluding carboxylic acids is 1. The predicted molar refractivity (Wildman–Crippen MR) is 74.7 cm³/mol. The molecule has 1 heterocycles. The first-order valence-electron chi connectivity index (χ1n) is 6.14. The molecule has 100 valence electrons. The van der Waals surface area contributed by atoms with E-state index in [1.54, 1.807) is 28.9 Å². The van der Waals surface area contributed by atoms with Crippen molar-refractivity contribution in [1.29, 1.82) is 0 Å². The summed E-state index contributed by atoms with van der Waals surface area (Å²) in [5.41, 5.74) is 8.79. The Labute approximate surface area is 112 Å². The van der Waals surface area contributed by atoms with Crippen LogP contribution in [0.25, 0.3) is 0 Å². The Kier molecular flexibility index (Phi) is 3.55. The number of rotatable bonds is 3. The maximum Gasteiger partial charge on any atom is 0.251 e. The van der Waals surface area contributed by atoms with Gasteiger partial charge in [0.2, 0.25) is 0 Å². The smallest absolute Gasteiger partial charge is 0.251 e. The van der Waals surface area contributed by atoms with Crippen LogP contribution in [0.4, 0.5) is 5.69 Å². The molecular weight excluding hydrogens is 240 g/mol. The lowest BCUT2D eigenvalue weighted by atomic mass is 10.1. The number of nitrogen functional groups attached to an aromatic ring is 1. The first-order valence-corrected chi connectivity index (χ1v) is 6.14. The highest BCUT2D eigenvalue weighted by Gasteiger charge is 2.15. The van der Waals surface area contributed by atoms with Crippen molar-refractivity contribution in [1.82, 2.24) is 15.1 Å². The highest BCUT2D eigenvalue weighted by atomic mass is 16.1. The summed E-state index contributed by atoms with van der Waals surface area (Å²) in [4.78, 5) is 12.1. The first kappa shape index (κ1) is 13.1. The zero-order valence-corrected chi connectivity index (χ0v) is 11.3. The summed E-state index contributed by atoms with van der Waals surface area (Å²) in [6.45, 7) is 3.88. The molecule has 3 N–H and O–H groups in total. The molecule has 0 aliphatic carbocycles. The number of aryl methyl sites for hydroxylation is 2. The van der Waals surface area contributed by atoms with E-state index in [-0.39, 0.29) is 11.9 Å². The normalized spacial score (nSPS) is 12.2. The molecule has 0 fully saturated rings. The molecule has 5 heteroatoms. The summed E-state index contributed by atoms with van der Waals surface area (Å²) in [5, 5.41) is 7.23. The number of nitrogens with zero attached hydrogens (tertiary/aromatic N) is 2. The topological polar surface area (TPSA) is 72.9 Å². The zero-order valence-electron chi connectivity index (χ0n) is 11.3. The van der Waals surface area contributed by atoms with Gasteiger partial charge in [0.1, 0.15) is 0 Å². The van der Waals surface area contributed by atoms with Crippen LogP contribution >= 0.6 is 0 Å². The van der Waals surface area contributed by atoms with Crippen molar-refractivity contribution in [2.45, 2.75) is 19.9 Å². The van der Waals surface area contributed by atoms with E-state index in [9.17, 15) is 4.79 Å². The summed E-state index contributed by atoms with van der Waals surface area (Å²) < 4.78 is 1.75. The van der Waals surface area contributed by atoms with E-state index in [1.807, 2.05) is 27.1 Å². The summed E-state index contributed by atoms with van der Waals surface area (Å²) in [6, 6.07) is 6.78. The Morgan fingerprint density at radius 1 is 1.37 bits per heavy atom. The third-order valence-electron chi connectivity index (χ3n) is 3.04. The number of nitrogens with two attached hydrogens (primary N) is 1. The SMILES string of the molecule is Cc1nn(C)cc1C(C)NC(=O)c1ccc(N)cc1. The van der Waals surface area contributed by atoms with E-state index < -0.39 is 0 Å². The first-order chi connectivity index (χ1) is 8.97. The zero-order chi connectivity index (χ0) is 14.0. The molecule has 2 aromatic rings. The molecule has 2 rings (SSSR count). The number of nitrogens with one attached hydrogen (secondary N) is 1. The van der Waals surface area contributed by atoms with Crippen molar-refractivity contribution in [2.24, 2.45) is 7.05 Å². The number of benzene rings is 1. The highest BCUT2D eigenvalue weighted by molar-refractivity contribution is 5.94. The number of anilines is 1. The summed E-state index contributed by atoms with van der Waals surface area (Å²) >= 11 is 0. The molecule has 0 spiro atoms. The predicted octanol–water partition coefficient (Wildman–Crippen LogP) is 1.80. The third-order valence-corrected chi connectivity index (χ3v) is 3.04. The van der Waals surface area contributed by atoms with Crippen molar-refractivity contribution >= 4 is 11.6 Å². The van der Waals surface area contributed by atoms with Crippen molar-refractivity contribution in [3.63, 3.8) is 0 Å². The fourth-order valence-corrected chi connectivity index (χ4v) is 2.04. The van der Waals surface area contributed by atoms with Crippen LogP contribution < -0.4 is 11.1 Å². The van der Waals surface area contributed by atoms with Gasteiger partial charge in [-0.05, 0) is 38.1 Å². The minimum atomic E-state index is -0.115. The molecule has 0 aliphatic heterocycles. The minimum absolute atomic E-state index is 0.0845. The molecule has 0 radical (unpaired) electrons. The van der Waals surface area contributed by atoms with Gasteiger partial charge < -0.3 is 11.1 Å². The van der Waals surface area contributed by atoms with E-state index >= 15 is 0 Å². The molecule has 1 amide bonds. The van der Waals surface area contributed by atoms with Crippen LogP contribution in [0, 0.1) is 6.92 Å². The van der Waals surface area contributed by atoms with Crippen molar-refractivity contribution in [3.8, 4) is 0 Å². The van der Waals surface area contributed by atoms with E-state index in [0.29, 0.717) is 11.3 Å². The Hall–Kier alpha value is -2.30. The lowest BCUT2D eigenvalue weighted by Gasteiger charge is -2.13. The van der Waals surface area contributed by atoms with E-state index in [2.05, 4.69) is 10.4 Å². The molecule has 0 aliphatic rings. The molecule has 19 heavy (non-hydrogen) atoms. The quantitative estimate of drug-likeness (QED) is 0.824. The molecule has 5 nitrogen and oxygen atoms in total. The van der Waals surface area contributed by atoms with E-state index in [1.165, 1.54) is 0 Å². The number of hydrogen-bond acceptors (Lipinski definition) is 3.